The number of hydrogen-bond donors (Lipinski definition) is 2. The van der Waals surface area contributed by atoms with E-state index in [1.54, 1.807) is 7.05 Å². The third-order valence-electron chi connectivity index (χ3n) is 3.14. The molecule has 0 saturated carbocycles. The highest BCUT2D eigenvalue weighted by Crippen LogP contribution is 2.10. The fourth-order valence-corrected chi connectivity index (χ4v) is 2.18. The van der Waals surface area contributed by atoms with Gasteiger partial charge < -0.3 is 10.6 Å². The molecule has 1 aliphatic rings. The molecule has 0 aromatic carbocycles. The van der Waals surface area contributed by atoms with Crippen LogP contribution in [0, 0.1) is 0 Å². The highest BCUT2D eigenvalue weighted by Gasteiger charge is 2.21. The van der Waals surface area contributed by atoms with Crippen LogP contribution in [0.5, 0.6) is 0 Å². The van der Waals surface area contributed by atoms with Crippen molar-refractivity contribution in [2.75, 3.05) is 32.6 Å². The third kappa shape index (κ3) is 5.69. The topological polar surface area (TPSA) is 61.4 Å². The van der Waals surface area contributed by atoms with Crippen LogP contribution in [-0.4, -0.2) is 55.3 Å². The van der Waals surface area contributed by atoms with Crippen LogP contribution < -0.4 is 10.6 Å². The van der Waals surface area contributed by atoms with E-state index in [1.165, 1.54) is 0 Å². The highest BCUT2D eigenvalue weighted by molar-refractivity contribution is 6.17. The Bertz CT molecular complexity index is 278. The molecule has 0 radical (unpaired) electrons. The van der Waals surface area contributed by atoms with Crippen molar-refractivity contribution in [1.82, 2.24) is 15.5 Å². The van der Waals surface area contributed by atoms with Crippen molar-refractivity contribution in [2.24, 2.45) is 0 Å². The van der Waals surface area contributed by atoms with Gasteiger partial charge >= 0.3 is 0 Å². The van der Waals surface area contributed by atoms with Gasteiger partial charge in [0.15, 0.2) is 0 Å². The molecule has 104 valence electrons. The Kier molecular flexibility index (Phi) is 7.05. The summed E-state index contributed by atoms with van der Waals surface area (Å²) in [4.78, 5) is 24.9. The van der Waals surface area contributed by atoms with E-state index in [9.17, 15) is 9.59 Å². The van der Waals surface area contributed by atoms with Crippen LogP contribution in [0.1, 0.15) is 25.7 Å². The SMILES string of the molecule is CNC(=O)CN1CCC(NC(=O)CCCCl)CC1. The molecule has 1 fully saturated rings. The second kappa shape index (κ2) is 8.32. The van der Waals surface area contributed by atoms with Gasteiger partial charge in [0, 0.05) is 38.5 Å². The normalized spacial score (nSPS) is 17.4. The van der Waals surface area contributed by atoms with Crippen LogP contribution >= 0.6 is 11.6 Å². The monoisotopic (exact) mass is 275 g/mol. The van der Waals surface area contributed by atoms with E-state index < -0.39 is 0 Å². The summed E-state index contributed by atoms with van der Waals surface area (Å²) < 4.78 is 0. The second-order valence-corrected chi connectivity index (χ2v) is 4.96. The first-order chi connectivity index (χ1) is 8.65. The largest absolute Gasteiger partial charge is 0.358 e. The number of carbonyl (C=O) groups excluding carboxylic acids is 2. The number of nitrogens with zero attached hydrogens (tertiary/aromatic N) is 1. The molecule has 1 aliphatic heterocycles. The van der Waals surface area contributed by atoms with Crippen molar-refractivity contribution in [3.05, 3.63) is 0 Å². The lowest BCUT2D eigenvalue weighted by Gasteiger charge is -2.31. The Morgan fingerprint density at radius 3 is 2.50 bits per heavy atom. The standard InChI is InChI=1S/C12H22ClN3O2/c1-14-12(18)9-16-7-4-10(5-8-16)15-11(17)3-2-6-13/h10H,2-9H2,1H3,(H,14,18)(H,15,17). The van der Waals surface area contributed by atoms with Crippen molar-refractivity contribution >= 4 is 23.4 Å². The van der Waals surface area contributed by atoms with Gasteiger partial charge in [-0.15, -0.1) is 11.6 Å². The minimum atomic E-state index is 0.0413. The van der Waals surface area contributed by atoms with E-state index in [0.717, 1.165) is 32.4 Å². The van der Waals surface area contributed by atoms with Gasteiger partial charge in [-0.05, 0) is 19.3 Å². The Labute approximate surface area is 113 Å². The number of piperidine rings is 1. The molecule has 1 saturated heterocycles. The maximum atomic E-state index is 11.5. The van der Waals surface area contributed by atoms with Crippen LogP contribution in [-0.2, 0) is 9.59 Å². The number of likely N-dealkylation sites (tertiary alicyclic amines) is 1. The van der Waals surface area contributed by atoms with Gasteiger partial charge in [0.1, 0.15) is 0 Å². The van der Waals surface area contributed by atoms with Gasteiger partial charge in [0.05, 0.1) is 6.54 Å². The molecule has 2 amide bonds. The number of alkyl halides is 1. The van der Waals surface area contributed by atoms with E-state index >= 15 is 0 Å². The zero-order valence-electron chi connectivity index (χ0n) is 10.9. The maximum Gasteiger partial charge on any atom is 0.233 e. The van der Waals surface area contributed by atoms with Gasteiger partial charge in [-0.2, -0.15) is 0 Å². The van der Waals surface area contributed by atoms with Gasteiger partial charge in [-0.1, -0.05) is 0 Å². The molecule has 0 unspecified atom stereocenters. The van der Waals surface area contributed by atoms with Crippen molar-refractivity contribution in [2.45, 2.75) is 31.7 Å². The Balaban J connectivity index is 2.18. The fourth-order valence-electron chi connectivity index (χ4n) is 2.04. The van der Waals surface area contributed by atoms with Crippen molar-refractivity contribution in [1.29, 1.82) is 0 Å². The molecule has 1 rings (SSSR count). The van der Waals surface area contributed by atoms with E-state index in [2.05, 4.69) is 15.5 Å². The first-order valence-electron chi connectivity index (χ1n) is 6.44. The quantitative estimate of drug-likeness (QED) is 0.687. The van der Waals surface area contributed by atoms with Crippen molar-refractivity contribution in [3.63, 3.8) is 0 Å². The average molecular weight is 276 g/mol. The molecule has 18 heavy (non-hydrogen) atoms. The summed E-state index contributed by atoms with van der Waals surface area (Å²) in [6.45, 7) is 2.16. The Hall–Kier alpha value is -0.810. The predicted molar refractivity (Wildman–Crippen MR) is 71.6 cm³/mol. The first kappa shape index (κ1) is 15.2. The zero-order chi connectivity index (χ0) is 13.4. The van der Waals surface area contributed by atoms with Crippen LogP contribution in [0.25, 0.3) is 0 Å². The van der Waals surface area contributed by atoms with Crippen LogP contribution in [0.2, 0.25) is 0 Å². The number of carbonyl (C=O) groups is 2. The second-order valence-electron chi connectivity index (χ2n) is 4.58. The zero-order valence-corrected chi connectivity index (χ0v) is 11.6. The molecular weight excluding hydrogens is 254 g/mol. The van der Waals surface area contributed by atoms with Gasteiger partial charge in [-0.25, -0.2) is 0 Å². The average Bonchev–Trinajstić information content (AvgIpc) is 2.38. The number of likely N-dealkylation sites (N-methyl/N-ethyl adjacent to an activating group) is 1. The summed E-state index contributed by atoms with van der Waals surface area (Å²) >= 11 is 5.55. The molecular formula is C12H22ClN3O2. The minimum absolute atomic E-state index is 0.0413. The smallest absolute Gasteiger partial charge is 0.233 e. The lowest BCUT2D eigenvalue weighted by atomic mass is 10.0. The predicted octanol–water partition coefficient (Wildman–Crippen LogP) is 0.332. The van der Waals surface area contributed by atoms with Gasteiger partial charge in [-0.3, -0.25) is 14.5 Å². The first-order valence-corrected chi connectivity index (χ1v) is 6.97. The summed E-state index contributed by atoms with van der Waals surface area (Å²) in [5.74, 6) is 0.651. The van der Waals surface area contributed by atoms with E-state index in [1.807, 2.05) is 0 Å². The van der Waals surface area contributed by atoms with E-state index in [4.69, 9.17) is 11.6 Å². The molecule has 6 heteroatoms. The molecule has 0 atom stereocenters. The molecule has 0 spiro atoms. The van der Waals surface area contributed by atoms with E-state index in [-0.39, 0.29) is 17.9 Å². The third-order valence-corrected chi connectivity index (χ3v) is 3.40. The van der Waals surface area contributed by atoms with Crippen LogP contribution in [0.4, 0.5) is 0 Å². The molecule has 2 N–H and O–H groups in total. The number of hydrogen-bond acceptors (Lipinski definition) is 3. The molecule has 0 bridgehead atoms. The molecule has 0 aliphatic carbocycles. The molecule has 0 aromatic rings. The number of amides is 2. The van der Waals surface area contributed by atoms with Gasteiger partial charge in [0.25, 0.3) is 0 Å². The van der Waals surface area contributed by atoms with Crippen LogP contribution in [0.15, 0.2) is 0 Å². The molecule has 0 aromatic heterocycles. The van der Waals surface area contributed by atoms with Crippen molar-refractivity contribution in [3.8, 4) is 0 Å². The lowest BCUT2D eigenvalue weighted by Crippen LogP contribution is -2.47. The van der Waals surface area contributed by atoms with Crippen molar-refractivity contribution < 1.29 is 9.59 Å². The summed E-state index contributed by atoms with van der Waals surface area (Å²) in [6.07, 6.45) is 3.04. The van der Waals surface area contributed by atoms with Crippen LogP contribution in [0.3, 0.4) is 0 Å². The highest BCUT2D eigenvalue weighted by atomic mass is 35.5. The summed E-state index contributed by atoms with van der Waals surface area (Å²) in [7, 11) is 1.65. The van der Waals surface area contributed by atoms with E-state index in [0.29, 0.717) is 18.8 Å². The summed E-state index contributed by atoms with van der Waals surface area (Å²) in [5, 5.41) is 5.63. The molecule has 1 heterocycles. The maximum absolute atomic E-state index is 11.5. The van der Waals surface area contributed by atoms with Gasteiger partial charge in [0.2, 0.25) is 11.8 Å². The fraction of sp³-hybridized carbons (Fsp3) is 0.833. The molecule has 5 nitrogen and oxygen atoms in total. The Morgan fingerprint density at radius 1 is 1.28 bits per heavy atom. The number of halogens is 1. The Morgan fingerprint density at radius 2 is 1.94 bits per heavy atom. The number of rotatable bonds is 6. The lowest BCUT2D eigenvalue weighted by molar-refractivity contribution is -0.124. The number of nitrogens with one attached hydrogen (secondary N) is 2. The summed E-state index contributed by atoms with van der Waals surface area (Å²) in [5.41, 5.74) is 0. The summed E-state index contributed by atoms with van der Waals surface area (Å²) in [6, 6.07) is 0.244. The minimum Gasteiger partial charge on any atom is -0.358 e.